The second-order valence-electron chi connectivity index (χ2n) is 3.73. The Morgan fingerprint density at radius 1 is 1.46 bits per heavy atom. The van der Waals surface area contributed by atoms with Gasteiger partial charge < -0.3 is 14.7 Å². The molecule has 1 N–H and O–H groups in total. The number of rotatable bonds is 3. The van der Waals surface area contributed by atoms with E-state index in [9.17, 15) is 4.79 Å². The zero-order chi connectivity index (χ0) is 10.0. The first-order valence-corrected chi connectivity index (χ1v) is 4.63. The number of aliphatic hydroxyl groups is 1. The Hall–Kier alpha value is -0.610. The van der Waals surface area contributed by atoms with E-state index in [1.165, 1.54) is 6.92 Å². The van der Waals surface area contributed by atoms with Crippen molar-refractivity contribution in [3.8, 4) is 0 Å². The number of aliphatic hydroxyl groups excluding tert-OH is 1. The SMILES string of the molecule is CC(C)OC1CN(C(=O)[C@H](C)O)C1. The molecule has 1 atom stereocenters. The van der Waals surface area contributed by atoms with Crippen LogP contribution in [0, 0.1) is 0 Å². The van der Waals surface area contributed by atoms with Crippen LogP contribution < -0.4 is 0 Å². The Morgan fingerprint density at radius 3 is 2.38 bits per heavy atom. The van der Waals surface area contributed by atoms with Gasteiger partial charge in [0.25, 0.3) is 5.91 Å². The molecule has 1 rings (SSSR count). The lowest BCUT2D eigenvalue weighted by atomic mass is 10.1. The summed E-state index contributed by atoms with van der Waals surface area (Å²) in [6.07, 6.45) is -0.531. The number of hydrogen-bond donors (Lipinski definition) is 1. The van der Waals surface area contributed by atoms with Crippen LogP contribution in [0.2, 0.25) is 0 Å². The highest BCUT2D eigenvalue weighted by atomic mass is 16.5. The minimum Gasteiger partial charge on any atom is -0.384 e. The molecule has 0 bridgehead atoms. The fourth-order valence-corrected chi connectivity index (χ4v) is 1.35. The van der Waals surface area contributed by atoms with Gasteiger partial charge in [-0.25, -0.2) is 0 Å². The van der Waals surface area contributed by atoms with Gasteiger partial charge in [0, 0.05) is 13.1 Å². The number of carbonyl (C=O) groups excluding carboxylic acids is 1. The van der Waals surface area contributed by atoms with Crippen LogP contribution in [0.15, 0.2) is 0 Å². The van der Waals surface area contributed by atoms with Gasteiger partial charge in [-0.15, -0.1) is 0 Å². The zero-order valence-electron chi connectivity index (χ0n) is 8.36. The van der Waals surface area contributed by atoms with Crippen molar-refractivity contribution in [2.24, 2.45) is 0 Å². The summed E-state index contributed by atoms with van der Waals surface area (Å²) in [5.41, 5.74) is 0. The molecular formula is C9H17NO3. The lowest BCUT2D eigenvalue weighted by Gasteiger charge is -2.40. The summed E-state index contributed by atoms with van der Waals surface area (Å²) >= 11 is 0. The number of amides is 1. The highest BCUT2D eigenvalue weighted by Crippen LogP contribution is 2.14. The molecular weight excluding hydrogens is 170 g/mol. The molecule has 0 aromatic heterocycles. The van der Waals surface area contributed by atoms with E-state index in [1.54, 1.807) is 4.90 Å². The average molecular weight is 187 g/mol. The Labute approximate surface area is 78.5 Å². The van der Waals surface area contributed by atoms with Crippen molar-refractivity contribution in [1.82, 2.24) is 4.90 Å². The Balaban J connectivity index is 2.22. The highest BCUT2D eigenvalue weighted by molar-refractivity contribution is 5.81. The molecule has 0 radical (unpaired) electrons. The molecule has 1 aliphatic heterocycles. The Bertz CT molecular complexity index is 185. The van der Waals surface area contributed by atoms with Gasteiger partial charge in [0.05, 0.1) is 12.2 Å². The monoisotopic (exact) mass is 187 g/mol. The molecule has 1 amide bonds. The Kier molecular flexibility index (Phi) is 3.27. The summed E-state index contributed by atoms with van der Waals surface area (Å²) in [6, 6.07) is 0. The van der Waals surface area contributed by atoms with Gasteiger partial charge in [-0.3, -0.25) is 4.79 Å². The molecule has 76 valence electrons. The molecule has 0 aliphatic carbocycles. The maximum atomic E-state index is 11.2. The van der Waals surface area contributed by atoms with E-state index in [0.29, 0.717) is 13.1 Å². The molecule has 13 heavy (non-hydrogen) atoms. The largest absolute Gasteiger partial charge is 0.384 e. The fraction of sp³-hybridized carbons (Fsp3) is 0.889. The second-order valence-corrected chi connectivity index (χ2v) is 3.73. The molecule has 1 saturated heterocycles. The molecule has 1 fully saturated rings. The third-order valence-corrected chi connectivity index (χ3v) is 1.98. The maximum absolute atomic E-state index is 11.2. The van der Waals surface area contributed by atoms with Gasteiger partial charge in [-0.2, -0.15) is 0 Å². The average Bonchev–Trinajstić information content (AvgIpc) is 1.94. The molecule has 1 aliphatic rings. The van der Waals surface area contributed by atoms with Crippen molar-refractivity contribution in [3.63, 3.8) is 0 Å². The minimum absolute atomic E-state index is 0.155. The minimum atomic E-state index is -0.889. The number of carbonyl (C=O) groups is 1. The van der Waals surface area contributed by atoms with E-state index in [2.05, 4.69) is 0 Å². The van der Waals surface area contributed by atoms with Crippen LogP contribution in [0.3, 0.4) is 0 Å². The van der Waals surface area contributed by atoms with Crippen LogP contribution in [0.5, 0.6) is 0 Å². The van der Waals surface area contributed by atoms with E-state index >= 15 is 0 Å². The van der Waals surface area contributed by atoms with Crippen LogP contribution in [-0.2, 0) is 9.53 Å². The fourth-order valence-electron chi connectivity index (χ4n) is 1.35. The second kappa shape index (κ2) is 4.07. The predicted molar refractivity (Wildman–Crippen MR) is 48.3 cm³/mol. The lowest BCUT2D eigenvalue weighted by molar-refractivity contribution is -0.155. The number of likely N-dealkylation sites (tertiary alicyclic amines) is 1. The van der Waals surface area contributed by atoms with E-state index in [-0.39, 0.29) is 18.1 Å². The molecule has 1 heterocycles. The van der Waals surface area contributed by atoms with Crippen molar-refractivity contribution in [3.05, 3.63) is 0 Å². The third-order valence-electron chi connectivity index (χ3n) is 1.98. The number of ether oxygens (including phenoxy) is 1. The first kappa shape index (κ1) is 10.5. The van der Waals surface area contributed by atoms with Gasteiger partial charge in [0.1, 0.15) is 6.10 Å². The molecule has 4 heteroatoms. The highest BCUT2D eigenvalue weighted by Gasteiger charge is 2.33. The summed E-state index contributed by atoms with van der Waals surface area (Å²) in [5, 5.41) is 8.99. The van der Waals surface area contributed by atoms with Crippen LogP contribution >= 0.6 is 0 Å². The molecule has 4 nitrogen and oxygen atoms in total. The van der Waals surface area contributed by atoms with Gasteiger partial charge in [0.2, 0.25) is 0 Å². The van der Waals surface area contributed by atoms with Gasteiger partial charge in [0.15, 0.2) is 0 Å². The van der Waals surface area contributed by atoms with E-state index in [1.807, 2.05) is 13.8 Å². The number of hydrogen-bond acceptors (Lipinski definition) is 3. The topological polar surface area (TPSA) is 49.8 Å². The standard InChI is InChI=1S/C9H17NO3/c1-6(2)13-8-4-10(5-8)9(12)7(3)11/h6-8,11H,4-5H2,1-3H3/t7-/m0/s1. The van der Waals surface area contributed by atoms with Gasteiger partial charge in [-0.1, -0.05) is 0 Å². The molecule has 0 saturated carbocycles. The van der Waals surface area contributed by atoms with Crippen molar-refractivity contribution in [2.45, 2.75) is 39.1 Å². The van der Waals surface area contributed by atoms with Crippen LogP contribution in [0.25, 0.3) is 0 Å². The van der Waals surface area contributed by atoms with Crippen LogP contribution in [0.4, 0.5) is 0 Å². The molecule has 0 aromatic rings. The van der Waals surface area contributed by atoms with E-state index < -0.39 is 6.10 Å². The molecule has 0 unspecified atom stereocenters. The molecule has 0 aromatic carbocycles. The first-order chi connectivity index (χ1) is 6.00. The smallest absolute Gasteiger partial charge is 0.251 e. The lowest BCUT2D eigenvalue weighted by Crippen LogP contribution is -2.57. The summed E-state index contributed by atoms with van der Waals surface area (Å²) in [6.45, 7) is 6.65. The maximum Gasteiger partial charge on any atom is 0.251 e. The first-order valence-electron chi connectivity index (χ1n) is 4.63. The summed E-state index contributed by atoms with van der Waals surface area (Å²) in [5.74, 6) is -0.205. The predicted octanol–water partition coefficient (Wildman–Crippen LogP) is 0.00300. The Morgan fingerprint density at radius 2 is 2.00 bits per heavy atom. The number of nitrogens with zero attached hydrogens (tertiary/aromatic N) is 1. The van der Waals surface area contributed by atoms with E-state index in [4.69, 9.17) is 9.84 Å². The van der Waals surface area contributed by atoms with Gasteiger partial charge >= 0.3 is 0 Å². The van der Waals surface area contributed by atoms with Crippen LogP contribution in [-0.4, -0.2) is 47.3 Å². The zero-order valence-corrected chi connectivity index (χ0v) is 8.36. The summed E-state index contributed by atoms with van der Waals surface area (Å²) in [4.78, 5) is 12.8. The van der Waals surface area contributed by atoms with Crippen LogP contribution in [0.1, 0.15) is 20.8 Å². The normalized spacial score (nSPS) is 20.2. The molecule has 0 spiro atoms. The van der Waals surface area contributed by atoms with Crippen molar-refractivity contribution in [1.29, 1.82) is 0 Å². The van der Waals surface area contributed by atoms with Crippen molar-refractivity contribution < 1.29 is 14.6 Å². The third kappa shape index (κ3) is 2.67. The van der Waals surface area contributed by atoms with E-state index in [0.717, 1.165) is 0 Å². The summed E-state index contributed by atoms with van der Waals surface area (Å²) < 4.78 is 5.47. The van der Waals surface area contributed by atoms with Crippen molar-refractivity contribution in [2.75, 3.05) is 13.1 Å². The summed E-state index contributed by atoms with van der Waals surface area (Å²) in [7, 11) is 0. The van der Waals surface area contributed by atoms with Crippen molar-refractivity contribution >= 4 is 5.91 Å². The quantitative estimate of drug-likeness (QED) is 0.676. The van der Waals surface area contributed by atoms with Gasteiger partial charge in [-0.05, 0) is 20.8 Å².